The maximum atomic E-state index is 9.11. The molecule has 0 amide bonds. The molecule has 0 saturated carbocycles. The summed E-state index contributed by atoms with van der Waals surface area (Å²) in [6.07, 6.45) is 9.40. The maximum absolute atomic E-state index is 9.11. The highest BCUT2D eigenvalue weighted by atomic mass is 16.3. The van der Waals surface area contributed by atoms with E-state index < -0.39 is 0 Å². The Morgan fingerprint density at radius 2 is 2.00 bits per heavy atom. The Morgan fingerprint density at radius 3 is 2.75 bits per heavy atom. The second-order valence-corrected chi connectivity index (χ2v) is 5.02. The van der Waals surface area contributed by atoms with Gasteiger partial charge in [0.1, 0.15) is 0 Å². The summed E-state index contributed by atoms with van der Waals surface area (Å²) in [6, 6.07) is 10.1. The van der Waals surface area contributed by atoms with Crippen molar-refractivity contribution < 1.29 is 5.11 Å². The Balaban J connectivity index is 2.15. The quantitative estimate of drug-likeness (QED) is 0.900. The predicted molar refractivity (Wildman–Crippen MR) is 82.3 cm³/mol. The number of hydrogen-bond donors (Lipinski definition) is 1. The summed E-state index contributed by atoms with van der Waals surface area (Å²) >= 11 is 0. The molecule has 2 aromatic rings. The van der Waals surface area contributed by atoms with Crippen LogP contribution in [0.25, 0.3) is 23.4 Å². The van der Waals surface area contributed by atoms with Crippen LogP contribution in [0.3, 0.4) is 0 Å². The summed E-state index contributed by atoms with van der Waals surface area (Å²) in [5, 5.41) is 11.3. The lowest BCUT2D eigenvalue weighted by Crippen LogP contribution is -2.28. The van der Waals surface area contributed by atoms with Crippen LogP contribution in [0.15, 0.2) is 42.5 Å². The molecule has 100 valence electrons. The molecule has 3 rings (SSSR count). The van der Waals surface area contributed by atoms with Crippen molar-refractivity contribution in [3.05, 3.63) is 64.2 Å². The van der Waals surface area contributed by atoms with Crippen LogP contribution in [0.4, 0.5) is 0 Å². The predicted octanol–water partition coefficient (Wildman–Crippen LogP) is 2.07. The molecular weight excluding hydrogens is 246 g/mol. The first-order chi connectivity index (χ1) is 9.78. The highest BCUT2D eigenvalue weighted by Crippen LogP contribution is 2.19. The van der Waals surface area contributed by atoms with Gasteiger partial charge in [0.25, 0.3) is 0 Å². The van der Waals surface area contributed by atoms with Gasteiger partial charge in [-0.3, -0.25) is 0 Å². The van der Waals surface area contributed by atoms with Crippen molar-refractivity contribution in [2.24, 2.45) is 0 Å². The minimum absolute atomic E-state index is 0.0747. The van der Waals surface area contributed by atoms with Gasteiger partial charge in [0, 0.05) is 10.8 Å². The normalized spacial score (nSPS) is 13.1. The van der Waals surface area contributed by atoms with Crippen LogP contribution in [0, 0.1) is 6.92 Å². The Bertz CT molecular complexity index is 770. The number of fused-ring (bicyclic) bond motifs is 1. The minimum atomic E-state index is 0.0747. The molecule has 0 bridgehead atoms. The summed E-state index contributed by atoms with van der Waals surface area (Å²) < 4.78 is 0. The van der Waals surface area contributed by atoms with E-state index in [0.29, 0.717) is 0 Å². The van der Waals surface area contributed by atoms with Crippen LogP contribution in [-0.4, -0.2) is 10.1 Å². The highest BCUT2D eigenvalue weighted by Gasteiger charge is 2.05. The second kappa shape index (κ2) is 5.43. The van der Waals surface area contributed by atoms with Crippen molar-refractivity contribution in [1.29, 1.82) is 0 Å². The van der Waals surface area contributed by atoms with Crippen molar-refractivity contribution >= 4 is 12.2 Å². The third-order valence-electron chi connectivity index (χ3n) is 3.54. The number of hydrogen-bond acceptors (Lipinski definition) is 2. The topological polar surface area (TPSA) is 33.1 Å². The molecule has 0 unspecified atom stereocenters. The van der Waals surface area contributed by atoms with Gasteiger partial charge in [-0.15, -0.1) is 0 Å². The monoisotopic (exact) mass is 263 g/mol. The molecule has 20 heavy (non-hydrogen) atoms. The first-order valence-electron chi connectivity index (χ1n) is 6.83. The number of aromatic nitrogens is 1. The van der Waals surface area contributed by atoms with Crippen LogP contribution < -0.4 is 10.6 Å². The molecule has 0 radical (unpaired) electrons. The summed E-state index contributed by atoms with van der Waals surface area (Å²) in [5.41, 5.74) is 4.19. The van der Waals surface area contributed by atoms with Gasteiger partial charge < -0.3 is 5.11 Å². The number of nitrogens with zero attached hydrogens (tertiary/aromatic N) is 1. The van der Waals surface area contributed by atoms with Gasteiger partial charge in [-0.05, 0) is 30.5 Å². The molecule has 0 spiro atoms. The number of aliphatic hydroxyl groups excluding tert-OH is 1. The van der Waals surface area contributed by atoms with E-state index in [1.165, 1.54) is 10.8 Å². The number of aryl methyl sites for hydroxylation is 1. The van der Waals surface area contributed by atoms with E-state index in [4.69, 9.17) is 10.1 Å². The molecular formula is C18H17NO. The summed E-state index contributed by atoms with van der Waals surface area (Å²) in [7, 11) is 0. The van der Waals surface area contributed by atoms with Crippen molar-refractivity contribution in [2.75, 3.05) is 0 Å². The molecule has 1 aromatic carbocycles. The zero-order valence-corrected chi connectivity index (χ0v) is 11.5. The van der Waals surface area contributed by atoms with E-state index in [1.807, 2.05) is 24.3 Å². The van der Waals surface area contributed by atoms with Gasteiger partial charge in [-0.2, -0.15) is 0 Å². The lowest BCUT2D eigenvalue weighted by molar-refractivity contribution is 0.282. The van der Waals surface area contributed by atoms with Crippen molar-refractivity contribution in [3.8, 4) is 11.3 Å². The van der Waals surface area contributed by atoms with Crippen LogP contribution in [0.2, 0.25) is 0 Å². The molecule has 1 aromatic heterocycles. The first-order valence-corrected chi connectivity index (χ1v) is 6.83. The lowest BCUT2D eigenvalue weighted by Gasteiger charge is -2.06. The van der Waals surface area contributed by atoms with E-state index in [0.717, 1.165) is 28.6 Å². The Kier molecular flexibility index (Phi) is 3.48. The zero-order chi connectivity index (χ0) is 13.9. The van der Waals surface area contributed by atoms with Crippen molar-refractivity contribution in [1.82, 2.24) is 4.98 Å². The van der Waals surface area contributed by atoms with Crippen molar-refractivity contribution in [2.45, 2.75) is 20.0 Å². The fourth-order valence-corrected chi connectivity index (χ4v) is 2.44. The molecule has 2 nitrogen and oxygen atoms in total. The molecule has 1 heterocycles. The zero-order valence-electron chi connectivity index (χ0n) is 11.5. The summed E-state index contributed by atoms with van der Waals surface area (Å²) in [5.74, 6) is 0. The van der Waals surface area contributed by atoms with E-state index in [9.17, 15) is 0 Å². The molecule has 0 atom stereocenters. The van der Waals surface area contributed by atoms with Gasteiger partial charge in [0.2, 0.25) is 0 Å². The third-order valence-corrected chi connectivity index (χ3v) is 3.54. The average molecular weight is 263 g/mol. The molecule has 1 N–H and O–H groups in total. The third kappa shape index (κ3) is 2.43. The molecule has 1 aliphatic rings. The van der Waals surface area contributed by atoms with Gasteiger partial charge in [0.15, 0.2) is 0 Å². The number of pyridine rings is 1. The SMILES string of the molecule is Cc1cc2c(nc1-c1ccc(CO)cc1)=CCC=CC=2. The van der Waals surface area contributed by atoms with Crippen LogP contribution >= 0.6 is 0 Å². The number of rotatable bonds is 2. The minimum Gasteiger partial charge on any atom is -0.392 e. The van der Waals surface area contributed by atoms with E-state index in [1.54, 1.807) is 0 Å². The van der Waals surface area contributed by atoms with Gasteiger partial charge in [-0.25, -0.2) is 4.98 Å². The van der Waals surface area contributed by atoms with Gasteiger partial charge in [0.05, 0.1) is 17.6 Å². The van der Waals surface area contributed by atoms with E-state index >= 15 is 0 Å². The van der Waals surface area contributed by atoms with Crippen LogP contribution in [-0.2, 0) is 6.61 Å². The largest absolute Gasteiger partial charge is 0.392 e. The first kappa shape index (κ1) is 12.8. The van der Waals surface area contributed by atoms with Crippen molar-refractivity contribution in [3.63, 3.8) is 0 Å². The smallest absolute Gasteiger partial charge is 0.0738 e. The second-order valence-electron chi connectivity index (χ2n) is 5.02. The molecule has 2 heteroatoms. The summed E-state index contributed by atoms with van der Waals surface area (Å²) in [6.45, 7) is 2.16. The molecule has 0 fully saturated rings. The maximum Gasteiger partial charge on any atom is 0.0738 e. The van der Waals surface area contributed by atoms with Gasteiger partial charge >= 0.3 is 0 Å². The number of benzene rings is 1. The standard InChI is InChI=1S/C18H17NO/c1-13-11-16-5-3-2-4-6-17(16)19-18(13)15-9-7-14(12-20)8-10-15/h2-3,5-11,20H,4,12H2,1H3. The fraction of sp³-hybridized carbons (Fsp3) is 0.167. The lowest BCUT2D eigenvalue weighted by atomic mass is 10.0. The molecule has 0 aliphatic heterocycles. The van der Waals surface area contributed by atoms with E-state index in [-0.39, 0.29) is 6.61 Å². The van der Waals surface area contributed by atoms with E-state index in [2.05, 4.69) is 37.3 Å². The number of allylic oxidation sites excluding steroid dienone is 2. The molecule has 0 saturated heterocycles. The van der Waals surface area contributed by atoms with Crippen LogP contribution in [0.1, 0.15) is 17.5 Å². The molecule has 1 aliphatic carbocycles. The Morgan fingerprint density at radius 1 is 1.20 bits per heavy atom. The Hall–Kier alpha value is -2.19. The Labute approximate surface area is 118 Å². The number of aliphatic hydroxyl groups is 1. The summed E-state index contributed by atoms with van der Waals surface area (Å²) in [4.78, 5) is 4.81. The fourth-order valence-electron chi connectivity index (χ4n) is 2.44. The van der Waals surface area contributed by atoms with Gasteiger partial charge in [-0.1, -0.05) is 48.6 Å². The average Bonchev–Trinajstić information content (AvgIpc) is 2.71. The highest BCUT2D eigenvalue weighted by molar-refractivity contribution is 5.63. The van der Waals surface area contributed by atoms with Crippen LogP contribution in [0.5, 0.6) is 0 Å².